The van der Waals surface area contributed by atoms with Gasteiger partial charge in [-0.15, -0.1) is 0 Å². The fraction of sp³-hybridized carbons (Fsp3) is 0.200. The van der Waals surface area contributed by atoms with Gasteiger partial charge in [-0.1, -0.05) is 33.6 Å². The van der Waals surface area contributed by atoms with Crippen molar-refractivity contribution in [2.75, 3.05) is 11.1 Å². The molecule has 7 heteroatoms. The van der Waals surface area contributed by atoms with E-state index in [4.69, 9.17) is 17.3 Å². The van der Waals surface area contributed by atoms with E-state index in [0.29, 0.717) is 11.4 Å². The second-order valence-electron chi connectivity index (χ2n) is 4.83. The molecule has 0 aromatic heterocycles. The number of hydrogen-bond donors (Lipinski definition) is 2. The van der Waals surface area contributed by atoms with Crippen LogP contribution in [-0.2, 0) is 6.18 Å². The van der Waals surface area contributed by atoms with Gasteiger partial charge in [0, 0.05) is 15.5 Å². The normalized spacial score (nSPS) is 13.0. The first-order valence-electron chi connectivity index (χ1n) is 6.36. The average Bonchev–Trinajstić information content (AvgIpc) is 2.41. The number of benzene rings is 2. The Hall–Kier alpha value is -1.40. The highest BCUT2D eigenvalue weighted by Crippen LogP contribution is 2.37. The van der Waals surface area contributed by atoms with Gasteiger partial charge < -0.3 is 11.1 Å². The molecule has 0 bridgehead atoms. The molecule has 1 atom stereocenters. The zero-order chi connectivity index (χ0) is 16.5. The lowest BCUT2D eigenvalue weighted by atomic mass is 10.0. The van der Waals surface area contributed by atoms with Gasteiger partial charge >= 0.3 is 6.18 Å². The number of rotatable bonds is 3. The Bertz CT molecular complexity index is 689. The summed E-state index contributed by atoms with van der Waals surface area (Å²) >= 11 is 8.99. The van der Waals surface area contributed by atoms with E-state index >= 15 is 0 Å². The third-order valence-corrected chi connectivity index (χ3v) is 3.90. The predicted molar refractivity (Wildman–Crippen MR) is 87.0 cm³/mol. The molecule has 0 saturated carbocycles. The third kappa shape index (κ3) is 3.87. The van der Waals surface area contributed by atoms with E-state index in [1.54, 1.807) is 25.1 Å². The number of nitrogen functional groups attached to an aromatic ring is 1. The van der Waals surface area contributed by atoms with Crippen molar-refractivity contribution >= 4 is 38.9 Å². The van der Waals surface area contributed by atoms with Crippen LogP contribution in [0.3, 0.4) is 0 Å². The van der Waals surface area contributed by atoms with Crippen molar-refractivity contribution < 1.29 is 13.2 Å². The molecule has 2 aromatic carbocycles. The molecule has 0 aliphatic heterocycles. The second kappa shape index (κ2) is 6.38. The minimum Gasteiger partial charge on any atom is -0.397 e. The van der Waals surface area contributed by atoms with Gasteiger partial charge in [0.25, 0.3) is 0 Å². The van der Waals surface area contributed by atoms with E-state index in [0.717, 1.165) is 10.5 Å². The summed E-state index contributed by atoms with van der Waals surface area (Å²) in [5.74, 6) is 0. The summed E-state index contributed by atoms with van der Waals surface area (Å²) in [5, 5.41) is 3.05. The maximum Gasteiger partial charge on any atom is 0.416 e. The van der Waals surface area contributed by atoms with E-state index < -0.39 is 17.8 Å². The van der Waals surface area contributed by atoms with Gasteiger partial charge in [0.15, 0.2) is 0 Å². The highest BCUT2D eigenvalue weighted by molar-refractivity contribution is 9.10. The fourth-order valence-electron chi connectivity index (χ4n) is 2.12. The first-order valence-corrected chi connectivity index (χ1v) is 7.54. The van der Waals surface area contributed by atoms with Crippen LogP contribution in [-0.4, -0.2) is 0 Å². The monoisotopic (exact) mass is 392 g/mol. The summed E-state index contributed by atoms with van der Waals surface area (Å²) in [6.07, 6.45) is -4.47. The van der Waals surface area contributed by atoms with Crippen LogP contribution in [0.4, 0.5) is 24.5 Å². The zero-order valence-corrected chi connectivity index (χ0v) is 13.9. The van der Waals surface area contributed by atoms with Crippen LogP contribution in [0.2, 0.25) is 5.02 Å². The summed E-state index contributed by atoms with van der Waals surface area (Å²) in [7, 11) is 0. The molecule has 0 saturated heterocycles. The Morgan fingerprint density at radius 2 is 1.86 bits per heavy atom. The van der Waals surface area contributed by atoms with Crippen LogP contribution in [0.5, 0.6) is 0 Å². The molecule has 0 unspecified atom stereocenters. The highest BCUT2D eigenvalue weighted by atomic mass is 79.9. The van der Waals surface area contributed by atoms with Gasteiger partial charge in [0.1, 0.15) is 0 Å². The summed E-state index contributed by atoms with van der Waals surface area (Å²) < 4.78 is 40.2. The van der Waals surface area contributed by atoms with Gasteiger partial charge in [-0.2, -0.15) is 13.2 Å². The molecular weight excluding hydrogens is 381 g/mol. The molecule has 0 fully saturated rings. The Morgan fingerprint density at radius 1 is 1.18 bits per heavy atom. The fourth-order valence-corrected chi connectivity index (χ4v) is 2.65. The molecule has 118 valence electrons. The molecule has 0 amide bonds. The van der Waals surface area contributed by atoms with E-state index in [1.807, 2.05) is 0 Å². The van der Waals surface area contributed by atoms with Crippen molar-refractivity contribution in [2.45, 2.75) is 19.1 Å². The van der Waals surface area contributed by atoms with Gasteiger partial charge in [-0.3, -0.25) is 0 Å². The number of hydrogen-bond acceptors (Lipinski definition) is 2. The van der Waals surface area contributed by atoms with Gasteiger partial charge in [-0.25, -0.2) is 0 Å². The lowest BCUT2D eigenvalue weighted by Crippen LogP contribution is -2.15. The molecule has 0 spiro atoms. The molecule has 0 aliphatic carbocycles. The molecule has 0 radical (unpaired) electrons. The Kier molecular flexibility index (Phi) is 4.92. The Labute approximate surface area is 139 Å². The van der Waals surface area contributed by atoms with Crippen LogP contribution < -0.4 is 11.1 Å². The minimum absolute atomic E-state index is 0.0465. The smallest absolute Gasteiger partial charge is 0.397 e. The topological polar surface area (TPSA) is 38.0 Å². The largest absolute Gasteiger partial charge is 0.416 e. The van der Waals surface area contributed by atoms with Gasteiger partial charge in [0.05, 0.1) is 16.9 Å². The molecule has 2 rings (SSSR count). The van der Waals surface area contributed by atoms with Crippen molar-refractivity contribution in [1.82, 2.24) is 0 Å². The SMILES string of the molecule is C[C@@H](Nc1cc(Br)ccc1N)c1ccc(Cl)cc1C(F)(F)F. The summed E-state index contributed by atoms with van der Waals surface area (Å²) in [6, 6.07) is 8.30. The number of nitrogens with one attached hydrogen (secondary N) is 1. The zero-order valence-electron chi connectivity index (χ0n) is 11.5. The number of alkyl halides is 3. The minimum atomic E-state index is -4.47. The summed E-state index contributed by atoms with van der Waals surface area (Å²) in [5.41, 5.74) is 6.21. The number of nitrogens with two attached hydrogens (primary N) is 1. The van der Waals surface area contributed by atoms with Crippen LogP contribution in [0, 0.1) is 0 Å². The maximum absolute atomic E-state index is 13.2. The van der Waals surface area contributed by atoms with E-state index in [9.17, 15) is 13.2 Å². The van der Waals surface area contributed by atoms with E-state index in [-0.39, 0.29) is 10.6 Å². The van der Waals surface area contributed by atoms with Gasteiger partial charge in [0.2, 0.25) is 0 Å². The van der Waals surface area contributed by atoms with Crippen molar-refractivity contribution in [3.05, 3.63) is 57.0 Å². The van der Waals surface area contributed by atoms with Crippen LogP contribution in [0.15, 0.2) is 40.9 Å². The molecular formula is C15H13BrClF3N2. The molecule has 0 aliphatic rings. The standard InChI is InChI=1S/C15H13BrClF3N2/c1-8(22-14-6-9(16)2-5-13(14)21)11-4-3-10(17)7-12(11)15(18,19)20/h2-8,22H,21H2,1H3/t8-/m1/s1. The number of halogens is 5. The van der Waals surface area contributed by atoms with Crippen LogP contribution >= 0.6 is 27.5 Å². The van der Waals surface area contributed by atoms with Gasteiger partial charge in [-0.05, 0) is 42.8 Å². The maximum atomic E-state index is 13.2. The predicted octanol–water partition coefficient (Wildman–Crippen LogP) is 5.88. The van der Waals surface area contributed by atoms with Crippen molar-refractivity contribution in [1.29, 1.82) is 0 Å². The molecule has 2 aromatic rings. The summed E-state index contributed by atoms with van der Waals surface area (Å²) in [4.78, 5) is 0. The van der Waals surface area contributed by atoms with Crippen molar-refractivity contribution in [3.63, 3.8) is 0 Å². The highest BCUT2D eigenvalue weighted by Gasteiger charge is 2.34. The number of anilines is 2. The van der Waals surface area contributed by atoms with E-state index in [2.05, 4.69) is 21.2 Å². The first kappa shape index (κ1) is 17.0. The summed E-state index contributed by atoms with van der Waals surface area (Å²) in [6.45, 7) is 1.64. The quantitative estimate of drug-likeness (QED) is 0.639. The molecule has 0 heterocycles. The lowest BCUT2D eigenvalue weighted by molar-refractivity contribution is -0.138. The Balaban J connectivity index is 2.38. The van der Waals surface area contributed by atoms with Crippen LogP contribution in [0.25, 0.3) is 0 Å². The second-order valence-corrected chi connectivity index (χ2v) is 6.18. The van der Waals surface area contributed by atoms with E-state index in [1.165, 1.54) is 12.1 Å². The molecule has 3 N–H and O–H groups in total. The lowest BCUT2D eigenvalue weighted by Gasteiger charge is -2.21. The van der Waals surface area contributed by atoms with Crippen molar-refractivity contribution in [2.24, 2.45) is 0 Å². The third-order valence-electron chi connectivity index (χ3n) is 3.17. The molecule has 22 heavy (non-hydrogen) atoms. The molecule has 2 nitrogen and oxygen atoms in total. The first-order chi connectivity index (χ1) is 10.2. The van der Waals surface area contributed by atoms with Crippen molar-refractivity contribution in [3.8, 4) is 0 Å². The Morgan fingerprint density at radius 3 is 2.50 bits per heavy atom. The van der Waals surface area contributed by atoms with Crippen LogP contribution in [0.1, 0.15) is 24.1 Å². The average molecular weight is 394 g/mol.